The summed E-state index contributed by atoms with van der Waals surface area (Å²) in [6, 6.07) is 7.22. The van der Waals surface area contributed by atoms with Crippen LogP contribution in [0.3, 0.4) is 0 Å². The highest BCUT2D eigenvalue weighted by atomic mass is 32.2. The number of carbonyl (C=O) groups excluding carboxylic acids is 1. The van der Waals surface area contributed by atoms with E-state index in [-0.39, 0.29) is 15.8 Å². The molecule has 0 radical (unpaired) electrons. The second-order valence-electron chi connectivity index (χ2n) is 5.52. The van der Waals surface area contributed by atoms with Crippen LogP contribution in [0, 0.1) is 5.82 Å². The van der Waals surface area contributed by atoms with Crippen LogP contribution in [-0.4, -0.2) is 25.8 Å². The van der Waals surface area contributed by atoms with E-state index in [1.54, 1.807) is 24.0 Å². The molecule has 1 aromatic carbocycles. The van der Waals surface area contributed by atoms with Crippen molar-refractivity contribution in [2.75, 3.05) is 11.3 Å². The van der Waals surface area contributed by atoms with Gasteiger partial charge in [0.05, 0.1) is 5.69 Å². The van der Waals surface area contributed by atoms with E-state index in [0.29, 0.717) is 25.9 Å². The number of carbonyl (C=O) groups is 1. The molecule has 0 aliphatic carbocycles. The summed E-state index contributed by atoms with van der Waals surface area (Å²) in [6.07, 6.45) is 1.07. The first kappa shape index (κ1) is 16.9. The van der Waals surface area contributed by atoms with Crippen LogP contribution in [0.25, 0.3) is 0 Å². The van der Waals surface area contributed by atoms with E-state index in [9.17, 15) is 17.6 Å². The number of hydrogen-bond donors (Lipinski definition) is 1. The largest absolute Gasteiger partial charge is 0.338 e. The Morgan fingerprint density at radius 3 is 2.83 bits per heavy atom. The Morgan fingerprint density at radius 1 is 1.38 bits per heavy atom. The summed E-state index contributed by atoms with van der Waals surface area (Å²) in [7, 11) is -3.85. The lowest BCUT2D eigenvalue weighted by molar-refractivity contribution is -0.131. The maximum Gasteiger partial charge on any atom is 0.271 e. The van der Waals surface area contributed by atoms with Gasteiger partial charge in [0.15, 0.2) is 0 Å². The predicted molar refractivity (Wildman–Crippen MR) is 90.9 cm³/mol. The maximum atomic E-state index is 13.7. The minimum Gasteiger partial charge on any atom is -0.338 e. The van der Waals surface area contributed by atoms with Crippen LogP contribution in [0.1, 0.15) is 23.8 Å². The highest BCUT2D eigenvalue weighted by molar-refractivity contribution is 7.94. The number of benzene rings is 1. The molecule has 3 rings (SSSR count). The van der Waals surface area contributed by atoms with E-state index in [4.69, 9.17) is 0 Å². The minimum absolute atomic E-state index is 0.0562. The van der Waals surface area contributed by atoms with Crippen molar-refractivity contribution in [3.05, 3.63) is 46.6 Å². The monoisotopic (exact) mass is 368 g/mol. The van der Waals surface area contributed by atoms with Gasteiger partial charge in [-0.05, 0) is 30.2 Å². The van der Waals surface area contributed by atoms with Crippen molar-refractivity contribution in [3.63, 3.8) is 0 Å². The van der Waals surface area contributed by atoms with Crippen LogP contribution >= 0.6 is 11.3 Å². The molecule has 2 heterocycles. The van der Waals surface area contributed by atoms with Crippen molar-refractivity contribution < 1.29 is 17.6 Å². The number of halogens is 1. The predicted octanol–water partition coefficient (Wildman–Crippen LogP) is 2.98. The average Bonchev–Trinajstić information content (AvgIpc) is 3.00. The number of sulfonamides is 1. The number of rotatable bonds is 4. The third-order valence-electron chi connectivity index (χ3n) is 3.88. The molecule has 0 fully saturated rings. The van der Waals surface area contributed by atoms with Gasteiger partial charge in [-0.3, -0.25) is 9.52 Å². The molecular formula is C16H17FN2O3S2. The second-order valence-corrected chi connectivity index (χ2v) is 8.56. The summed E-state index contributed by atoms with van der Waals surface area (Å²) < 4.78 is 41.1. The molecule has 1 aliphatic heterocycles. The Bertz CT molecular complexity index is 877. The fraction of sp³-hybridized carbons (Fsp3) is 0.312. The smallest absolute Gasteiger partial charge is 0.271 e. The highest BCUT2D eigenvalue weighted by Gasteiger charge is 2.26. The standard InChI is InChI=1S/C16H17FN2O3S2/c1-2-15(20)19-8-7-14-11(10-19)9-16(23-14)24(21,22)18-13-6-4-3-5-12(13)17/h3-6,9,18H,2,7-8,10H2,1H3. The van der Waals surface area contributed by atoms with Gasteiger partial charge in [0.2, 0.25) is 5.91 Å². The molecule has 0 spiro atoms. The molecule has 0 atom stereocenters. The summed E-state index contributed by atoms with van der Waals surface area (Å²) in [5, 5.41) is 0. The normalized spacial score (nSPS) is 14.3. The molecule has 1 N–H and O–H groups in total. The molecule has 5 nitrogen and oxygen atoms in total. The minimum atomic E-state index is -3.85. The first-order valence-electron chi connectivity index (χ1n) is 7.57. The quantitative estimate of drug-likeness (QED) is 0.902. The number of fused-ring (bicyclic) bond motifs is 1. The van der Waals surface area contributed by atoms with Gasteiger partial charge >= 0.3 is 0 Å². The third-order valence-corrected chi connectivity index (χ3v) is 6.96. The van der Waals surface area contributed by atoms with Crippen molar-refractivity contribution in [1.82, 2.24) is 4.90 Å². The molecule has 24 heavy (non-hydrogen) atoms. The Balaban J connectivity index is 1.85. The molecule has 2 aromatic rings. The average molecular weight is 368 g/mol. The van der Waals surface area contributed by atoms with Gasteiger partial charge in [0.1, 0.15) is 10.0 Å². The van der Waals surface area contributed by atoms with E-state index >= 15 is 0 Å². The molecule has 0 bridgehead atoms. The van der Waals surface area contributed by atoms with Crippen LogP contribution in [0.15, 0.2) is 34.5 Å². The van der Waals surface area contributed by atoms with Crippen LogP contribution < -0.4 is 4.72 Å². The molecule has 0 saturated carbocycles. The lowest BCUT2D eigenvalue weighted by atomic mass is 10.1. The maximum absolute atomic E-state index is 13.7. The second kappa shape index (κ2) is 6.52. The zero-order valence-corrected chi connectivity index (χ0v) is 14.7. The van der Waals surface area contributed by atoms with Crippen LogP contribution in [0.5, 0.6) is 0 Å². The molecule has 1 amide bonds. The van der Waals surface area contributed by atoms with E-state index in [1.165, 1.54) is 29.5 Å². The summed E-state index contributed by atoms with van der Waals surface area (Å²) >= 11 is 1.18. The van der Waals surface area contributed by atoms with Gasteiger partial charge < -0.3 is 4.90 Å². The van der Waals surface area contributed by atoms with Crippen LogP contribution in [-0.2, 0) is 27.8 Å². The molecule has 1 aliphatic rings. The Kier molecular flexibility index (Phi) is 4.60. The van der Waals surface area contributed by atoms with E-state index in [2.05, 4.69) is 4.72 Å². The van der Waals surface area contributed by atoms with Crippen LogP contribution in [0.4, 0.5) is 10.1 Å². The summed E-state index contributed by atoms with van der Waals surface area (Å²) in [4.78, 5) is 14.5. The number of nitrogens with one attached hydrogen (secondary N) is 1. The van der Waals surface area contributed by atoms with Gasteiger partial charge in [-0.2, -0.15) is 0 Å². The SMILES string of the molecule is CCC(=O)N1CCc2sc(S(=O)(=O)Nc3ccccc3F)cc2C1. The van der Waals surface area contributed by atoms with Crippen LogP contribution in [0.2, 0.25) is 0 Å². The van der Waals surface area contributed by atoms with Gasteiger partial charge in [-0.25, -0.2) is 12.8 Å². The third kappa shape index (κ3) is 3.29. The van der Waals surface area contributed by atoms with E-state index in [0.717, 1.165) is 10.4 Å². The summed E-state index contributed by atoms with van der Waals surface area (Å²) in [5.74, 6) is -0.567. The van der Waals surface area contributed by atoms with Crippen molar-refractivity contribution in [1.29, 1.82) is 0 Å². The molecule has 8 heteroatoms. The molecule has 1 aromatic heterocycles. The number of hydrogen-bond acceptors (Lipinski definition) is 4. The number of amides is 1. The molecule has 0 unspecified atom stereocenters. The van der Waals surface area contributed by atoms with Crippen molar-refractivity contribution in [3.8, 4) is 0 Å². The van der Waals surface area contributed by atoms with Gasteiger partial charge in [0.25, 0.3) is 10.0 Å². The molecule has 0 saturated heterocycles. The summed E-state index contributed by atoms with van der Waals surface area (Å²) in [6.45, 7) is 2.83. The Labute approximate surface area is 144 Å². The number of anilines is 1. The first-order valence-corrected chi connectivity index (χ1v) is 9.87. The van der Waals surface area contributed by atoms with Gasteiger partial charge in [0, 0.05) is 24.4 Å². The lowest BCUT2D eigenvalue weighted by Crippen LogP contribution is -2.34. The topological polar surface area (TPSA) is 66.5 Å². The zero-order chi connectivity index (χ0) is 17.3. The zero-order valence-electron chi connectivity index (χ0n) is 13.1. The van der Waals surface area contributed by atoms with Crippen molar-refractivity contribution >= 4 is 33.0 Å². The van der Waals surface area contributed by atoms with E-state index in [1.807, 2.05) is 0 Å². The Morgan fingerprint density at radius 2 is 2.12 bits per heavy atom. The first-order chi connectivity index (χ1) is 11.4. The fourth-order valence-corrected chi connectivity index (χ4v) is 5.22. The van der Waals surface area contributed by atoms with Crippen molar-refractivity contribution in [2.45, 2.75) is 30.5 Å². The van der Waals surface area contributed by atoms with Gasteiger partial charge in [-0.15, -0.1) is 11.3 Å². The Hall–Kier alpha value is -1.93. The lowest BCUT2D eigenvalue weighted by Gasteiger charge is -2.26. The van der Waals surface area contributed by atoms with Crippen molar-refractivity contribution in [2.24, 2.45) is 0 Å². The number of para-hydroxylation sites is 1. The number of nitrogens with zero attached hydrogens (tertiary/aromatic N) is 1. The van der Waals surface area contributed by atoms with Gasteiger partial charge in [-0.1, -0.05) is 19.1 Å². The van der Waals surface area contributed by atoms with E-state index < -0.39 is 15.8 Å². The number of thiophene rings is 1. The fourth-order valence-electron chi connectivity index (χ4n) is 2.61. The molecular weight excluding hydrogens is 351 g/mol. The highest BCUT2D eigenvalue weighted by Crippen LogP contribution is 2.32. The summed E-state index contributed by atoms with van der Waals surface area (Å²) in [5.41, 5.74) is 0.772. The molecule has 128 valence electrons.